The SMILES string of the molecule is NC(=O)C1(c2ccccc2)CC(=O)c2ccccc2O1. The van der Waals surface area contributed by atoms with E-state index in [-0.39, 0.29) is 12.2 Å². The van der Waals surface area contributed by atoms with Crippen molar-refractivity contribution in [3.63, 3.8) is 0 Å². The Morgan fingerprint density at radius 1 is 1.05 bits per heavy atom. The third kappa shape index (κ3) is 1.77. The van der Waals surface area contributed by atoms with E-state index in [2.05, 4.69) is 0 Å². The van der Waals surface area contributed by atoms with Gasteiger partial charge in [-0.25, -0.2) is 0 Å². The predicted octanol–water partition coefficient (Wildman–Crippen LogP) is 2.03. The number of Topliss-reactive ketones (excluding diaryl/α,β-unsaturated/α-hetero) is 1. The summed E-state index contributed by atoms with van der Waals surface area (Å²) in [5, 5.41) is 0. The summed E-state index contributed by atoms with van der Waals surface area (Å²) in [6.45, 7) is 0. The van der Waals surface area contributed by atoms with Gasteiger partial charge in [0.25, 0.3) is 5.91 Å². The molecule has 0 radical (unpaired) electrons. The van der Waals surface area contributed by atoms with Gasteiger partial charge in [-0.15, -0.1) is 0 Å². The summed E-state index contributed by atoms with van der Waals surface area (Å²) in [7, 11) is 0. The molecule has 2 aromatic carbocycles. The van der Waals surface area contributed by atoms with Gasteiger partial charge in [-0.05, 0) is 12.1 Å². The Hall–Kier alpha value is -2.62. The van der Waals surface area contributed by atoms with E-state index in [0.29, 0.717) is 16.9 Å². The number of hydrogen-bond donors (Lipinski definition) is 1. The van der Waals surface area contributed by atoms with Crippen LogP contribution in [0, 0.1) is 0 Å². The Morgan fingerprint density at radius 3 is 2.40 bits per heavy atom. The van der Waals surface area contributed by atoms with Crippen LogP contribution in [-0.4, -0.2) is 11.7 Å². The van der Waals surface area contributed by atoms with Crippen LogP contribution in [0.25, 0.3) is 0 Å². The van der Waals surface area contributed by atoms with Gasteiger partial charge < -0.3 is 10.5 Å². The number of amides is 1. The summed E-state index contributed by atoms with van der Waals surface area (Å²) in [6, 6.07) is 15.8. The number of nitrogens with two attached hydrogens (primary N) is 1. The second kappa shape index (κ2) is 4.49. The zero-order valence-electron chi connectivity index (χ0n) is 10.7. The van der Waals surface area contributed by atoms with Crippen LogP contribution in [-0.2, 0) is 10.4 Å². The summed E-state index contributed by atoms with van der Waals surface area (Å²) >= 11 is 0. The van der Waals surface area contributed by atoms with Crippen LogP contribution in [0.2, 0.25) is 0 Å². The van der Waals surface area contributed by atoms with Crippen molar-refractivity contribution in [3.05, 3.63) is 65.7 Å². The zero-order chi connectivity index (χ0) is 14.2. The molecule has 20 heavy (non-hydrogen) atoms. The first-order chi connectivity index (χ1) is 9.63. The van der Waals surface area contributed by atoms with Crippen LogP contribution in [0.15, 0.2) is 54.6 Å². The fourth-order valence-corrected chi connectivity index (χ4v) is 2.48. The fraction of sp³-hybridized carbons (Fsp3) is 0.125. The molecule has 4 heteroatoms. The highest BCUT2D eigenvalue weighted by molar-refractivity contribution is 6.04. The van der Waals surface area contributed by atoms with Gasteiger partial charge in [0.2, 0.25) is 5.60 Å². The first kappa shape index (κ1) is 12.4. The number of carbonyl (C=O) groups excluding carboxylic acids is 2. The summed E-state index contributed by atoms with van der Waals surface area (Å²) in [5.41, 5.74) is 5.19. The van der Waals surface area contributed by atoms with Gasteiger partial charge in [0.15, 0.2) is 5.78 Å². The number of fused-ring (bicyclic) bond motifs is 1. The molecule has 0 fully saturated rings. The van der Waals surface area contributed by atoms with Crippen molar-refractivity contribution in [2.24, 2.45) is 5.73 Å². The lowest BCUT2D eigenvalue weighted by Crippen LogP contribution is -2.50. The highest BCUT2D eigenvalue weighted by Gasteiger charge is 2.47. The number of ketones is 1. The lowest BCUT2D eigenvalue weighted by atomic mass is 9.83. The average molecular weight is 267 g/mol. The van der Waals surface area contributed by atoms with Crippen molar-refractivity contribution in [2.45, 2.75) is 12.0 Å². The Bertz CT molecular complexity index is 681. The van der Waals surface area contributed by atoms with Crippen molar-refractivity contribution in [1.29, 1.82) is 0 Å². The Balaban J connectivity index is 2.16. The molecule has 1 atom stereocenters. The minimum absolute atomic E-state index is 0.0800. The summed E-state index contributed by atoms with van der Waals surface area (Å²) in [4.78, 5) is 24.3. The standard InChI is InChI=1S/C16H13NO3/c17-15(19)16(11-6-2-1-3-7-11)10-13(18)12-8-4-5-9-14(12)20-16/h1-9H,10H2,(H2,17,19). The van der Waals surface area contributed by atoms with E-state index in [9.17, 15) is 9.59 Å². The first-order valence-electron chi connectivity index (χ1n) is 6.30. The van der Waals surface area contributed by atoms with Crippen LogP contribution in [0.4, 0.5) is 0 Å². The normalized spacial score (nSPS) is 20.9. The highest BCUT2D eigenvalue weighted by Crippen LogP contribution is 2.39. The van der Waals surface area contributed by atoms with Gasteiger partial charge >= 0.3 is 0 Å². The number of hydrogen-bond acceptors (Lipinski definition) is 3. The third-order valence-electron chi connectivity index (χ3n) is 3.52. The number of rotatable bonds is 2. The number of para-hydroxylation sites is 1. The van der Waals surface area contributed by atoms with E-state index >= 15 is 0 Å². The minimum Gasteiger partial charge on any atom is -0.471 e. The van der Waals surface area contributed by atoms with Gasteiger partial charge in [-0.1, -0.05) is 42.5 Å². The maximum Gasteiger partial charge on any atom is 0.266 e. The highest BCUT2D eigenvalue weighted by atomic mass is 16.5. The maximum atomic E-state index is 12.3. The minimum atomic E-state index is -1.42. The molecule has 0 bridgehead atoms. The third-order valence-corrected chi connectivity index (χ3v) is 3.52. The van der Waals surface area contributed by atoms with E-state index < -0.39 is 11.5 Å². The van der Waals surface area contributed by atoms with Gasteiger partial charge in [-0.3, -0.25) is 9.59 Å². The van der Waals surface area contributed by atoms with E-state index in [1.807, 2.05) is 6.07 Å². The van der Waals surface area contributed by atoms with Crippen LogP contribution >= 0.6 is 0 Å². The molecule has 4 nitrogen and oxygen atoms in total. The van der Waals surface area contributed by atoms with Crippen LogP contribution in [0.5, 0.6) is 5.75 Å². The van der Waals surface area contributed by atoms with Crippen molar-refractivity contribution in [3.8, 4) is 5.75 Å². The molecular formula is C16H13NO3. The summed E-state index contributed by atoms with van der Waals surface area (Å²) in [6.07, 6.45) is -0.0800. The molecule has 0 spiro atoms. The smallest absolute Gasteiger partial charge is 0.266 e. The van der Waals surface area contributed by atoms with Gasteiger partial charge in [-0.2, -0.15) is 0 Å². The average Bonchev–Trinajstić information content (AvgIpc) is 2.48. The fourth-order valence-electron chi connectivity index (χ4n) is 2.48. The molecule has 0 saturated heterocycles. The topological polar surface area (TPSA) is 69.4 Å². The molecule has 0 saturated carbocycles. The summed E-state index contributed by atoms with van der Waals surface area (Å²) in [5.74, 6) is -0.410. The largest absolute Gasteiger partial charge is 0.471 e. The van der Waals surface area contributed by atoms with Gasteiger partial charge in [0.1, 0.15) is 5.75 Å². The first-order valence-corrected chi connectivity index (χ1v) is 6.30. The molecule has 0 aromatic heterocycles. The molecule has 3 rings (SSSR count). The molecule has 2 N–H and O–H groups in total. The molecule has 0 aliphatic carbocycles. The maximum absolute atomic E-state index is 12.3. The number of carbonyl (C=O) groups is 2. The van der Waals surface area contributed by atoms with Crippen molar-refractivity contribution in [1.82, 2.24) is 0 Å². The van der Waals surface area contributed by atoms with Crippen molar-refractivity contribution >= 4 is 11.7 Å². The van der Waals surface area contributed by atoms with Gasteiger partial charge in [0.05, 0.1) is 12.0 Å². The van der Waals surface area contributed by atoms with E-state index in [1.54, 1.807) is 48.5 Å². The Morgan fingerprint density at radius 2 is 1.70 bits per heavy atom. The van der Waals surface area contributed by atoms with Crippen molar-refractivity contribution in [2.75, 3.05) is 0 Å². The van der Waals surface area contributed by atoms with Crippen LogP contribution in [0.3, 0.4) is 0 Å². The van der Waals surface area contributed by atoms with E-state index in [4.69, 9.17) is 10.5 Å². The zero-order valence-corrected chi connectivity index (χ0v) is 10.7. The summed E-state index contributed by atoms with van der Waals surface area (Å²) < 4.78 is 5.84. The monoisotopic (exact) mass is 267 g/mol. The number of benzene rings is 2. The second-order valence-electron chi connectivity index (χ2n) is 4.76. The molecule has 1 amide bonds. The lowest BCUT2D eigenvalue weighted by Gasteiger charge is -2.35. The molecule has 2 aromatic rings. The Labute approximate surface area is 116 Å². The predicted molar refractivity (Wildman–Crippen MR) is 73.3 cm³/mol. The Kier molecular flexibility index (Phi) is 2.79. The molecule has 1 aliphatic rings. The van der Waals surface area contributed by atoms with Crippen LogP contribution in [0.1, 0.15) is 22.3 Å². The second-order valence-corrected chi connectivity index (χ2v) is 4.76. The van der Waals surface area contributed by atoms with Gasteiger partial charge in [0, 0.05) is 5.56 Å². The van der Waals surface area contributed by atoms with Crippen molar-refractivity contribution < 1.29 is 14.3 Å². The quantitative estimate of drug-likeness (QED) is 0.905. The molecule has 1 aliphatic heterocycles. The molecule has 1 unspecified atom stereocenters. The molecular weight excluding hydrogens is 254 g/mol. The van der Waals surface area contributed by atoms with E-state index in [1.165, 1.54) is 0 Å². The van der Waals surface area contributed by atoms with E-state index in [0.717, 1.165) is 0 Å². The molecule has 100 valence electrons. The van der Waals surface area contributed by atoms with Crippen LogP contribution < -0.4 is 10.5 Å². The number of primary amides is 1. The lowest BCUT2D eigenvalue weighted by molar-refractivity contribution is -0.134. The molecule has 1 heterocycles. The number of ether oxygens (including phenoxy) is 1.